The van der Waals surface area contributed by atoms with E-state index in [-0.39, 0.29) is 6.61 Å². The Hall–Kier alpha value is -2.47. The first-order chi connectivity index (χ1) is 10.5. The molecule has 1 aromatic carbocycles. The summed E-state index contributed by atoms with van der Waals surface area (Å²) < 4.78 is 4.87. The van der Waals surface area contributed by atoms with Gasteiger partial charge in [0.2, 0.25) is 0 Å². The van der Waals surface area contributed by atoms with Crippen LogP contribution in [0.1, 0.15) is 16.8 Å². The fourth-order valence-electron chi connectivity index (χ4n) is 1.59. The summed E-state index contributed by atoms with van der Waals surface area (Å²) in [6, 6.07) is 7.70. The lowest BCUT2D eigenvalue weighted by Gasteiger charge is -2.02. The van der Waals surface area contributed by atoms with E-state index in [1.165, 1.54) is 17.4 Å². The average molecular weight is 316 g/mol. The maximum absolute atomic E-state index is 11.6. The van der Waals surface area contributed by atoms with Gasteiger partial charge in [0.25, 0.3) is 5.91 Å². The van der Waals surface area contributed by atoms with Crippen molar-refractivity contribution in [1.82, 2.24) is 4.98 Å². The van der Waals surface area contributed by atoms with Crippen molar-refractivity contribution in [2.75, 3.05) is 11.9 Å². The number of ether oxygens (including phenoxy) is 1. The molecule has 0 radical (unpaired) electrons. The second-order valence-electron chi connectivity index (χ2n) is 4.69. The number of esters is 1. The van der Waals surface area contributed by atoms with Gasteiger partial charge in [0, 0.05) is 11.5 Å². The third kappa shape index (κ3) is 5.14. The molecule has 2 aromatic rings. The molecule has 1 heterocycles. The number of anilines is 1. The summed E-state index contributed by atoms with van der Waals surface area (Å²) in [4.78, 5) is 27.2. The lowest BCUT2D eigenvalue weighted by Crippen LogP contribution is -2.20. The molecule has 0 unspecified atom stereocenters. The van der Waals surface area contributed by atoms with Crippen LogP contribution in [0, 0.1) is 13.8 Å². The van der Waals surface area contributed by atoms with Crippen LogP contribution in [-0.2, 0) is 14.3 Å². The number of aryl methyl sites for hydroxylation is 2. The molecule has 1 aromatic heterocycles. The van der Waals surface area contributed by atoms with Crippen molar-refractivity contribution in [3.63, 3.8) is 0 Å². The molecule has 0 spiro atoms. The van der Waals surface area contributed by atoms with Crippen molar-refractivity contribution in [2.45, 2.75) is 13.8 Å². The molecule has 0 aliphatic heterocycles. The monoisotopic (exact) mass is 316 g/mol. The highest BCUT2D eigenvalue weighted by Gasteiger charge is 2.07. The lowest BCUT2D eigenvalue weighted by molar-refractivity contribution is -0.142. The number of amides is 1. The highest BCUT2D eigenvalue weighted by molar-refractivity contribution is 7.13. The molecule has 5 nitrogen and oxygen atoms in total. The van der Waals surface area contributed by atoms with Crippen LogP contribution >= 0.6 is 11.3 Å². The number of carbonyl (C=O) groups is 2. The van der Waals surface area contributed by atoms with Crippen LogP contribution in [0.25, 0.3) is 6.08 Å². The van der Waals surface area contributed by atoms with Gasteiger partial charge in [-0.1, -0.05) is 29.8 Å². The Morgan fingerprint density at radius 3 is 2.64 bits per heavy atom. The van der Waals surface area contributed by atoms with Crippen LogP contribution in [0.3, 0.4) is 0 Å². The quantitative estimate of drug-likeness (QED) is 0.680. The number of hydrogen-bond acceptors (Lipinski definition) is 5. The molecule has 0 saturated carbocycles. The van der Waals surface area contributed by atoms with Gasteiger partial charge in [-0.15, -0.1) is 11.3 Å². The number of nitrogens with zero attached hydrogens (tertiary/aromatic N) is 1. The smallest absolute Gasteiger partial charge is 0.331 e. The first kappa shape index (κ1) is 15.9. The van der Waals surface area contributed by atoms with Gasteiger partial charge in [0.05, 0.1) is 5.69 Å². The van der Waals surface area contributed by atoms with E-state index in [0.29, 0.717) is 5.13 Å². The number of nitrogens with one attached hydrogen (secondary N) is 1. The maximum Gasteiger partial charge on any atom is 0.331 e. The molecule has 0 aliphatic carbocycles. The van der Waals surface area contributed by atoms with Gasteiger partial charge >= 0.3 is 5.97 Å². The van der Waals surface area contributed by atoms with Gasteiger partial charge in [0.15, 0.2) is 11.7 Å². The summed E-state index contributed by atoms with van der Waals surface area (Å²) in [5, 5.41) is 4.88. The molecule has 0 aliphatic rings. The normalized spacial score (nSPS) is 10.6. The van der Waals surface area contributed by atoms with Crippen LogP contribution < -0.4 is 5.32 Å². The molecular formula is C16H16N2O3S. The largest absolute Gasteiger partial charge is 0.452 e. The summed E-state index contributed by atoms with van der Waals surface area (Å²) in [7, 11) is 0. The van der Waals surface area contributed by atoms with Gasteiger partial charge in [-0.05, 0) is 25.5 Å². The first-order valence-corrected chi connectivity index (χ1v) is 7.54. The minimum Gasteiger partial charge on any atom is -0.452 e. The Balaban J connectivity index is 1.77. The summed E-state index contributed by atoms with van der Waals surface area (Å²) in [5.41, 5.74) is 2.87. The predicted molar refractivity (Wildman–Crippen MR) is 86.7 cm³/mol. The third-order valence-corrected chi connectivity index (χ3v) is 3.58. The predicted octanol–water partition coefficient (Wildman–Crippen LogP) is 2.96. The number of aromatic nitrogens is 1. The number of benzene rings is 1. The summed E-state index contributed by atoms with van der Waals surface area (Å²) >= 11 is 1.32. The first-order valence-electron chi connectivity index (χ1n) is 6.66. The Morgan fingerprint density at radius 2 is 2.00 bits per heavy atom. The van der Waals surface area contributed by atoms with Crippen molar-refractivity contribution in [3.8, 4) is 0 Å². The molecule has 1 amide bonds. The molecule has 0 saturated heterocycles. The van der Waals surface area contributed by atoms with Crippen molar-refractivity contribution < 1.29 is 14.3 Å². The van der Waals surface area contributed by atoms with E-state index < -0.39 is 11.9 Å². The molecule has 1 N–H and O–H groups in total. The number of thiazole rings is 1. The van der Waals surface area contributed by atoms with Gasteiger partial charge < -0.3 is 4.74 Å². The Kier molecular flexibility index (Phi) is 5.43. The Morgan fingerprint density at radius 1 is 1.27 bits per heavy atom. The summed E-state index contributed by atoms with van der Waals surface area (Å²) in [6.07, 6.45) is 2.94. The minimum atomic E-state index is -0.564. The topological polar surface area (TPSA) is 68.3 Å². The van der Waals surface area contributed by atoms with E-state index in [1.54, 1.807) is 6.08 Å². The van der Waals surface area contributed by atoms with Gasteiger partial charge in [0.1, 0.15) is 0 Å². The summed E-state index contributed by atoms with van der Waals surface area (Å²) in [5.74, 6) is -0.975. The highest BCUT2D eigenvalue weighted by Crippen LogP contribution is 2.13. The van der Waals surface area contributed by atoms with Crippen LogP contribution in [0.4, 0.5) is 5.13 Å². The van der Waals surface area contributed by atoms with E-state index in [1.807, 2.05) is 43.5 Å². The van der Waals surface area contributed by atoms with E-state index in [2.05, 4.69) is 10.3 Å². The van der Waals surface area contributed by atoms with E-state index in [4.69, 9.17) is 4.74 Å². The van der Waals surface area contributed by atoms with E-state index in [0.717, 1.165) is 16.8 Å². The van der Waals surface area contributed by atoms with Crippen LogP contribution in [0.2, 0.25) is 0 Å². The standard InChI is InChI=1S/C16H16N2O3S/c1-11-3-5-13(6-4-11)7-8-15(20)21-9-14(19)18-16-17-12(2)10-22-16/h3-8,10H,9H2,1-2H3,(H,17,18,19)/b8-7+. The third-order valence-electron chi connectivity index (χ3n) is 2.70. The van der Waals surface area contributed by atoms with Gasteiger partial charge in [-0.2, -0.15) is 0 Å². The van der Waals surface area contributed by atoms with Crippen molar-refractivity contribution in [3.05, 3.63) is 52.5 Å². The molecule has 0 fully saturated rings. The second-order valence-corrected chi connectivity index (χ2v) is 5.55. The van der Waals surface area contributed by atoms with Crippen molar-refractivity contribution in [2.24, 2.45) is 0 Å². The number of hydrogen-bond donors (Lipinski definition) is 1. The lowest BCUT2D eigenvalue weighted by atomic mass is 10.1. The maximum atomic E-state index is 11.6. The van der Waals surface area contributed by atoms with E-state index >= 15 is 0 Å². The van der Waals surface area contributed by atoms with Crippen LogP contribution in [0.5, 0.6) is 0 Å². The Labute approximate surface area is 132 Å². The second kappa shape index (κ2) is 7.51. The van der Waals surface area contributed by atoms with Crippen molar-refractivity contribution in [1.29, 1.82) is 0 Å². The van der Waals surface area contributed by atoms with Gasteiger partial charge in [-0.3, -0.25) is 10.1 Å². The molecule has 2 rings (SSSR count). The zero-order chi connectivity index (χ0) is 15.9. The average Bonchev–Trinajstić information content (AvgIpc) is 2.89. The van der Waals surface area contributed by atoms with Crippen LogP contribution in [0.15, 0.2) is 35.7 Å². The highest BCUT2D eigenvalue weighted by atomic mass is 32.1. The minimum absolute atomic E-state index is 0.338. The van der Waals surface area contributed by atoms with Gasteiger partial charge in [-0.25, -0.2) is 9.78 Å². The Bertz CT molecular complexity index is 690. The molecule has 6 heteroatoms. The molecule has 114 valence electrons. The molecule has 0 bridgehead atoms. The summed E-state index contributed by atoms with van der Waals surface area (Å²) in [6.45, 7) is 3.49. The SMILES string of the molecule is Cc1ccc(/C=C/C(=O)OCC(=O)Nc2nc(C)cs2)cc1. The zero-order valence-electron chi connectivity index (χ0n) is 12.3. The molecular weight excluding hydrogens is 300 g/mol. The number of rotatable bonds is 5. The molecule has 0 atom stereocenters. The van der Waals surface area contributed by atoms with Crippen molar-refractivity contribution >= 4 is 34.4 Å². The van der Waals surface area contributed by atoms with Crippen LogP contribution in [-0.4, -0.2) is 23.5 Å². The fraction of sp³-hybridized carbons (Fsp3) is 0.188. The number of carbonyl (C=O) groups excluding carboxylic acids is 2. The molecule has 22 heavy (non-hydrogen) atoms. The fourth-order valence-corrected chi connectivity index (χ4v) is 2.30. The zero-order valence-corrected chi connectivity index (χ0v) is 13.1. The van der Waals surface area contributed by atoms with E-state index in [9.17, 15) is 9.59 Å².